The summed E-state index contributed by atoms with van der Waals surface area (Å²) >= 11 is 1.47. The van der Waals surface area contributed by atoms with Crippen LogP contribution in [0.25, 0.3) is 0 Å². The quantitative estimate of drug-likeness (QED) is 0.845. The number of carbonyl (C=O) groups excluding carboxylic acids is 1. The Morgan fingerprint density at radius 1 is 1.42 bits per heavy atom. The van der Waals surface area contributed by atoms with E-state index in [1.165, 1.54) is 11.8 Å². The lowest BCUT2D eigenvalue weighted by molar-refractivity contribution is 0.0948. The van der Waals surface area contributed by atoms with Gasteiger partial charge in [0.05, 0.1) is 5.56 Å². The van der Waals surface area contributed by atoms with Crippen molar-refractivity contribution in [2.45, 2.75) is 18.5 Å². The van der Waals surface area contributed by atoms with Crippen molar-refractivity contribution in [3.63, 3.8) is 0 Å². The van der Waals surface area contributed by atoms with Crippen molar-refractivity contribution in [3.8, 4) is 0 Å². The molecule has 0 unspecified atom stereocenters. The summed E-state index contributed by atoms with van der Waals surface area (Å²) in [5.74, 6) is 0.857. The molecule has 0 aliphatic rings. The third kappa shape index (κ3) is 3.35. The molecule has 2 aromatic heterocycles. The number of carbonyl (C=O) groups is 1. The van der Waals surface area contributed by atoms with Gasteiger partial charge in [-0.1, -0.05) is 0 Å². The summed E-state index contributed by atoms with van der Waals surface area (Å²) in [6.07, 6.45) is 7.26. The molecule has 0 aromatic carbocycles. The van der Waals surface area contributed by atoms with Crippen molar-refractivity contribution < 1.29 is 4.79 Å². The molecular weight excluding hydrogens is 260 g/mol. The summed E-state index contributed by atoms with van der Waals surface area (Å²) in [5.41, 5.74) is 0.623. The number of aromatic nitrogens is 3. The largest absolute Gasteiger partial charge is 0.350 e. The Balaban J connectivity index is 1.93. The molecule has 1 N–H and O–H groups in total. The Hall–Kier alpha value is -1.82. The predicted molar refractivity (Wildman–Crippen MR) is 75.3 cm³/mol. The number of nitrogens with zero attached hydrogens (tertiary/aromatic N) is 3. The standard InChI is InChI=1S/C13H16N4OS/c1-10-14-6-8-17(10)9-7-15-12(18)11-4-3-5-16-13(11)19-2/h3-6,8H,7,9H2,1-2H3,(H,15,18). The lowest BCUT2D eigenvalue weighted by Crippen LogP contribution is -2.28. The zero-order valence-corrected chi connectivity index (χ0v) is 11.8. The first kappa shape index (κ1) is 13.6. The number of hydrogen-bond donors (Lipinski definition) is 1. The molecule has 19 heavy (non-hydrogen) atoms. The van der Waals surface area contributed by atoms with Gasteiger partial charge < -0.3 is 9.88 Å². The summed E-state index contributed by atoms with van der Waals surface area (Å²) in [6.45, 7) is 3.22. The van der Waals surface area contributed by atoms with Gasteiger partial charge in [-0.3, -0.25) is 4.79 Å². The van der Waals surface area contributed by atoms with E-state index in [0.29, 0.717) is 18.7 Å². The van der Waals surface area contributed by atoms with E-state index in [9.17, 15) is 4.79 Å². The van der Waals surface area contributed by atoms with Gasteiger partial charge in [-0.2, -0.15) is 0 Å². The highest BCUT2D eigenvalue weighted by Gasteiger charge is 2.10. The van der Waals surface area contributed by atoms with Crippen molar-refractivity contribution in [3.05, 3.63) is 42.1 Å². The SMILES string of the molecule is CSc1ncccc1C(=O)NCCn1ccnc1C. The number of thioether (sulfide) groups is 1. The minimum atomic E-state index is -0.0878. The van der Waals surface area contributed by atoms with E-state index in [4.69, 9.17) is 0 Å². The van der Waals surface area contributed by atoms with Gasteiger partial charge in [-0.15, -0.1) is 11.8 Å². The van der Waals surface area contributed by atoms with Gasteiger partial charge in [-0.05, 0) is 25.3 Å². The number of aryl methyl sites for hydroxylation is 1. The summed E-state index contributed by atoms with van der Waals surface area (Å²) < 4.78 is 2.00. The van der Waals surface area contributed by atoms with Crippen LogP contribution in [0.3, 0.4) is 0 Å². The van der Waals surface area contributed by atoms with E-state index in [-0.39, 0.29) is 5.91 Å². The molecule has 2 aromatic rings. The van der Waals surface area contributed by atoms with Crippen LogP contribution in [0.15, 0.2) is 35.7 Å². The summed E-state index contributed by atoms with van der Waals surface area (Å²) in [4.78, 5) is 20.4. The Kier molecular flexibility index (Phi) is 4.57. The van der Waals surface area contributed by atoms with Crippen LogP contribution in [0.5, 0.6) is 0 Å². The van der Waals surface area contributed by atoms with E-state index in [1.807, 2.05) is 23.9 Å². The van der Waals surface area contributed by atoms with Crippen LogP contribution in [-0.2, 0) is 6.54 Å². The molecule has 1 amide bonds. The summed E-state index contributed by atoms with van der Waals surface area (Å²) in [7, 11) is 0. The van der Waals surface area contributed by atoms with Crippen LogP contribution in [0.1, 0.15) is 16.2 Å². The van der Waals surface area contributed by atoms with E-state index in [0.717, 1.165) is 10.9 Å². The third-order valence-corrected chi connectivity index (χ3v) is 3.48. The lowest BCUT2D eigenvalue weighted by atomic mass is 10.2. The van der Waals surface area contributed by atoms with Gasteiger partial charge in [0.2, 0.25) is 0 Å². The zero-order chi connectivity index (χ0) is 13.7. The van der Waals surface area contributed by atoms with Gasteiger partial charge in [0.15, 0.2) is 0 Å². The molecular formula is C13H16N4OS. The maximum absolute atomic E-state index is 12.0. The maximum atomic E-state index is 12.0. The first-order chi connectivity index (χ1) is 9.22. The second-order valence-corrected chi connectivity index (χ2v) is 4.78. The molecule has 0 saturated heterocycles. The molecule has 0 bridgehead atoms. The Morgan fingerprint density at radius 2 is 2.26 bits per heavy atom. The van der Waals surface area contributed by atoms with Gasteiger partial charge in [-0.25, -0.2) is 9.97 Å². The normalized spacial score (nSPS) is 10.4. The average Bonchev–Trinajstić information content (AvgIpc) is 2.84. The predicted octanol–water partition coefficient (Wildman–Crippen LogP) is 1.74. The van der Waals surface area contributed by atoms with Gasteiger partial charge in [0, 0.05) is 31.7 Å². The van der Waals surface area contributed by atoms with Gasteiger partial charge >= 0.3 is 0 Å². The van der Waals surface area contributed by atoms with E-state index < -0.39 is 0 Å². The minimum Gasteiger partial charge on any atom is -0.350 e. The molecule has 0 aliphatic carbocycles. The molecule has 100 valence electrons. The van der Waals surface area contributed by atoms with E-state index in [1.54, 1.807) is 24.5 Å². The monoisotopic (exact) mass is 276 g/mol. The molecule has 2 rings (SSSR count). The Labute approximate surface area is 116 Å². The van der Waals surface area contributed by atoms with Gasteiger partial charge in [0.1, 0.15) is 10.9 Å². The first-order valence-corrected chi connectivity index (χ1v) is 7.20. The number of nitrogens with one attached hydrogen (secondary N) is 1. The Morgan fingerprint density at radius 3 is 2.95 bits per heavy atom. The molecule has 2 heterocycles. The molecule has 0 radical (unpaired) electrons. The van der Waals surface area contributed by atoms with Crippen LogP contribution >= 0.6 is 11.8 Å². The smallest absolute Gasteiger partial charge is 0.254 e. The Bertz CT molecular complexity index is 567. The fourth-order valence-electron chi connectivity index (χ4n) is 1.75. The highest BCUT2D eigenvalue weighted by molar-refractivity contribution is 7.98. The minimum absolute atomic E-state index is 0.0878. The fraction of sp³-hybridized carbons (Fsp3) is 0.308. The summed E-state index contributed by atoms with van der Waals surface area (Å²) in [5, 5.41) is 3.65. The first-order valence-electron chi connectivity index (χ1n) is 5.97. The maximum Gasteiger partial charge on any atom is 0.254 e. The van der Waals surface area contributed by atoms with Crippen molar-refractivity contribution >= 4 is 17.7 Å². The zero-order valence-electron chi connectivity index (χ0n) is 11.0. The summed E-state index contributed by atoms with van der Waals surface area (Å²) in [6, 6.07) is 3.56. The molecule has 0 aliphatic heterocycles. The number of amides is 1. The van der Waals surface area contributed by atoms with Crippen LogP contribution < -0.4 is 5.32 Å². The molecule has 6 heteroatoms. The fourth-order valence-corrected chi connectivity index (χ4v) is 2.30. The van der Waals surface area contributed by atoms with Crippen molar-refractivity contribution in [1.29, 1.82) is 0 Å². The van der Waals surface area contributed by atoms with Crippen molar-refractivity contribution in [2.24, 2.45) is 0 Å². The van der Waals surface area contributed by atoms with Crippen LogP contribution in [-0.4, -0.2) is 33.2 Å². The molecule has 0 fully saturated rings. The second kappa shape index (κ2) is 6.38. The molecule has 5 nitrogen and oxygen atoms in total. The molecule has 0 atom stereocenters. The molecule has 0 spiro atoms. The third-order valence-electron chi connectivity index (χ3n) is 2.77. The lowest BCUT2D eigenvalue weighted by Gasteiger charge is -2.09. The van der Waals surface area contributed by atoms with E-state index >= 15 is 0 Å². The number of pyridine rings is 1. The van der Waals surface area contributed by atoms with Crippen LogP contribution in [0.2, 0.25) is 0 Å². The van der Waals surface area contributed by atoms with Crippen molar-refractivity contribution in [2.75, 3.05) is 12.8 Å². The second-order valence-electron chi connectivity index (χ2n) is 3.98. The average molecular weight is 276 g/mol. The molecule has 0 saturated carbocycles. The van der Waals surface area contributed by atoms with Crippen LogP contribution in [0.4, 0.5) is 0 Å². The number of rotatable bonds is 5. The topological polar surface area (TPSA) is 59.8 Å². The van der Waals surface area contributed by atoms with Gasteiger partial charge in [0.25, 0.3) is 5.91 Å². The van der Waals surface area contributed by atoms with Crippen LogP contribution in [0, 0.1) is 6.92 Å². The van der Waals surface area contributed by atoms with Crippen molar-refractivity contribution in [1.82, 2.24) is 19.9 Å². The highest BCUT2D eigenvalue weighted by atomic mass is 32.2. The number of hydrogen-bond acceptors (Lipinski definition) is 4. The highest BCUT2D eigenvalue weighted by Crippen LogP contribution is 2.16. The number of imidazole rings is 1. The van der Waals surface area contributed by atoms with E-state index in [2.05, 4.69) is 15.3 Å².